The summed E-state index contributed by atoms with van der Waals surface area (Å²) < 4.78 is 10.8. The maximum atomic E-state index is 12.8. The molecule has 1 heterocycles. The van der Waals surface area contributed by atoms with Gasteiger partial charge in [0.2, 0.25) is 0 Å². The number of hydrogen-bond donors (Lipinski definition) is 3. The number of nitrogens with one attached hydrogen (secondary N) is 3. The Morgan fingerprint density at radius 1 is 0.842 bits per heavy atom. The Morgan fingerprint density at radius 2 is 1.58 bits per heavy atom. The Kier molecular flexibility index (Phi) is 8.58. The molecule has 1 aliphatic heterocycles. The molecule has 1 aliphatic rings. The summed E-state index contributed by atoms with van der Waals surface area (Å²) in [7, 11) is 1.62. The molecule has 200 valence electrons. The zero-order chi connectivity index (χ0) is 27.1. The lowest BCUT2D eigenvalue weighted by molar-refractivity contribution is 0.208. The third-order valence-electron chi connectivity index (χ3n) is 6.42. The zero-order valence-electron chi connectivity index (χ0n) is 22.3. The van der Waals surface area contributed by atoms with Crippen molar-refractivity contribution >= 4 is 34.8 Å². The number of aryl methyl sites for hydroxylation is 2. The lowest BCUT2D eigenvalue weighted by Crippen LogP contribution is -2.50. The van der Waals surface area contributed by atoms with Gasteiger partial charge in [-0.05, 0) is 86.5 Å². The van der Waals surface area contributed by atoms with E-state index in [1.807, 2.05) is 86.3 Å². The molecule has 1 saturated heterocycles. The molecule has 1 fully saturated rings. The third kappa shape index (κ3) is 6.67. The summed E-state index contributed by atoms with van der Waals surface area (Å²) >= 11 is 0. The predicted molar refractivity (Wildman–Crippen MR) is 152 cm³/mol. The maximum absolute atomic E-state index is 12.8. The fourth-order valence-corrected chi connectivity index (χ4v) is 4.33. The van der Waals surface area contributed by atoms with Crippen molar-refractivity contribution in [2.75, 3.05) is 60.7 Å². The van der Waals surface area contributed by atoms with Crippen LogP contribution in [0.25, 0.3) is 0 Å². The second-order valence-corrected chi connectivity index (χ2v) is 9.14. The van der Waals surface area contributed by atoms with Crippen molar-refractivity contribution in [3.05, 3.63) is 71.8 Å². The van der Waals surface area contributed by atoms with Crippen LogP contribution in [-0.2, 0) is 0 Å². The largest absolute Gasteiger partial charge is 0.497 e. The van der Waals surface area contributed by atoms with Crippen molar-refractivity contribution in [2.24, 2.45) is 0 Å². The molecule has 4 rings (SSSR count). The van der Waals surface area contributed by atoms with Crippen LogP contribution in [-0.4, -0.2) is 56.9 Å². The normalized spacial score (nSPS) is 13.1. The van der Waals surface area contributed by atoms with Crippen molar-refractivity contribution < 1.29 is 19.1 Å². The van der Waals surface area contributed by atoms with Gasteiger partial charge in [0.25, 0.3) is 0 Å². The molecule has 4 amide bonds. The number of amides is 4. The second-order valence-electron chi connectivity index (χ2n) is 9.14. The number of carbonyl (C=O) groups excluding carboxylic acids is 2. The molecule has 38 heavy (non-hydrogen) atoms. The highest BCUT2D eigenvalue weighted by Gasteiger charge is 2.22. The van der Waals surface area contributed by atoms with Gasteiger partial charge in [-0.2, -0.15) is 0 Å². The van der Waals surface area contributed by atoms with Crippen LogP contribution in [0, 0.1) is 13.8 Å². The van der Waals surface area contributed by atoms with E-state index in [1.54, 1.807) is 7.11 Å². The molecule has 9 nitrogen and oxygen atoms in total. The summed E-state index contributed by atoms with van der Waals surface area (Å²) in [5.41, 5.74) is 5.12. The van der Waals surface area contributed by atoms with Gasteiger partial charge >= 0.3 is 12.1 Å². The lowest BCUT2D eigenvalue weighted by atomic mass is 10.2. The van der Waals surface area contributed by atoms with Crippen molar-refractivity contribution in [3.8, 4) is 11.5 Å². The van der Waals surface area contributed by atoms with Gasteiger partial charge < -0.3 is 35.2 Å². The van der Waals surface area contributed by atoms with Crippen molar-refractivity contribution in [1.29, 1.82) is 0 Å². The molecule has 0 unspecified atom stereocenters. The van der Waals surface area contributed by atoms with E-state index >= 15 is 0 Å². The van der Waals surface area contributed by atoms with E-state index in [-0.39, 0.29) is 12.1 Å². The van der Waals surface area contributed by atoms with Gasteiger partial charge in [-0.1, -0.05) is 6.07 Å². The van der Waals surface area contributed by atoms with E-state index in [0.29, 0.717) is 36.8 Å². The lowest BCUT2D eigenvalue weighted by Gasteiger charge is -2.36. The first kappa shape index (κ1) is 26.7. The van der Waals surface area contributed by atoms with Crippen molar-refractivity contribution in [3.63, 3.8) is 0 Å². The summed E-state index contributed by atoms with van der Waals surface area (Å²) in [6, 6.07) is 18.5. The van der Waals surface area contributed by atoms with E-state index < -0.39 is 0 Å². The van der Waals surface area contributed by atoms with Crippen LogP contribution >= 0.6 is 0 Å². The molecular weight excluding hydrogens is 482 g/mol. The molecule has 3 aromatic carbocycles. The highest BCUT2D eigenvalue weighted by atomic mass is 16.5. The molecule has 0 aromatic heterocycles. The Labute approximate surface area is 223 Å². The van der Waals surface area contributed by atoms with Crippen LogP contribution in [0.3, 0.4) is 0 Å². The smallest absolute Gasteiger partial charge is 0.323 e. The molecule has 9 heteroatoms. The Bertz CT molecular complexity index is 1270. The number of benzene rings is 3. The summed E-state index contributed by atoms with van der Waals surface area (Å²) in [6.07, 6.45) is 0. The average Bonchev–Trinajstić information content (AvgIpc) is 2.92. The number of anilines is 4. The number of methoxy groups -OCH3 is 1. The number of piperazine rings is 1. The molecular formula is C29H35N5O4. The number of ether oxygens (including phenoxy) is 2. The quantitative estimate of drug-likeness (QED) is 0.373. The van der Waals surface area contributed by atoms with Crippen LogP contribution in [0.1, 0.15) is 18.1 Å². The molecule has 0 atom stereocenters. The first-order valence-corrected chi connectivity index (χ1v) is 12.7. The summed E-state index contributed by atoms with van der Waals surface area (Å²) in [5, 5.41) is 8.74. The minimum absolute atomic E-state index is 0.107. The van der Waals surface area contributed by atoms with Gasteiger partial charge in [0, 0.05) is 43.2 Å². The molecule has 0 bridgehead atoms. The van der Waals surface area contributed by atoms with Crippen LogP contribution in [0.4, 0.5) is 32.3 Å². The zero-order valence-corrected chi connectivity index (χ0v) is 22.3. The fourth-order valence-electron chi connectivity index (χ4n) is 4.33. The highest BCUT2D eigenvalue weighted by molar-refractivity contribution is 6.00. The van der Waals surface area contributed by atoms with E-state index in [0.717, 1.165) is 41.3 Å². The van der Waals surface area contributed by atoms with E-state index in [9.17, 15) is 9.59 Å². The molecule has 3 N–H and O–H groups in total. The number of urea groups is 2. The standard InChI is InChI=1S/C29H35N5O4/c1-5-38-27-13-6-20(2)18-26(27)31-28(35)30-22-7-9-23(10-8-22)33-14-16-34(17-15-33)29(36)32-25-12-11-24(37-4)19-21(25)3/h6-13,18-19H,5,14-17H2,1-4H3,(H,32,36)(H2,30,31,35). The van der Waals surface area contributed by atoms with E-state index in [1.165, 1.54) is 0 Å². The van der Waals surface area contributed by atoms with Crippen LogP contribution in [0.2, 0.25) is 0 Å². The number of nitrogens with zero attached hydrogens (tertiary/aromatic N) is 2. The summed E-state index contributed by atoms with van der Waals surface area (Å²) in [4.78, 5) is 29.4. The van der Waals surface area contributed by atoms with Gasteiger partial charge in [0.15, 0.2) is 0 Å². The fraction of sp³-hybridized carbons (Fsp3) is 0.310. The number of hydrogen-bond acceptors (Lipinski definition) is 5. The Morgan fingerprint density at radius 3 is 2.24 bits per heavy atom. The highest BCUT2D eigenvalue weighted by Crippen LogP contribution is 2.26. The van der Waals surface area contributed by atoms with Crippen molar-refractivity contribution in [2.45, 2.75) is 20.8 Å². The van der Waals surface area contributed by atoms with Crippen LogP contribution in [0.15, 0.2) is 60.7 Å². The van der Waals surface area contributed by atoms with Crippen LogP contribution < -0.4 is 30.3 Å². The van der Waals surface area contributed by atoms with Gasteiger partial charge in [-0.15, -0.1) is 0 Å². The summed E-state index contributed by atoms with van der Waals surface area (Å²) in [6.45, 7) is 8.99. The second kappa shape index (κ2) is 12.2. The summed E-state index contributed by atoms with van der Waals surface area (Å²) in [5.74, 6) is 1.40. The minimum atomic E-state index is -0.337. The predicted octanol–water partition coefficient (Wildman–Crippen LogP) is 5.71. The van der Waals surface area contributed by atoms with Crippen molar-refractivity contribution in [1.82, 2.24) is 4.90 Å². The average molecular weight is 518 g/mol. The van der Waals surface area contributed by atoms with E-state index in [4.69, 9.17) is 9.47 Å². The SMILES string of the molecule is CCOc1ccc(C)cc1NC(=O)Nc1ccc(N2CCN(C(=O)Nc3ccc(OC)cc3C)CC2)cc1. The topological polar surface area (TPSA) is 95.2 Å². The monoisotopic (exact) mass is 517 g/mol. The van der Waals surface area contributed by atoms with Gasteiger partial charge in [0.1, 0.15) is 11.5 Å². The Hall–Kier alpha value is -4.40. The Balaban J connectivity index is 1.28. The third-order valence-corrected chi connectivity index (χ3v) is 6.42. The number of carbonyl (C=O) groups is 2. The minimum Gasteiger partial charge on any atom is -0.497 e. The number of rotatable bonds is 7. The molecule has 3 aromatic rings. The van der Waals surface area contributed by atoms with Crippen LogP contribution in [0.5, 0.6) is 11.5 Å². The molecule has 0 aliphatic carbocycles. The molecule has 0 radical (unpaired) electrons. The van der Waals surface area contributed by atoms with Gasteiger partial charge in [0.05, 0.1) is 19.4 Å². The van der Waals surface area contributed by atoms with Gasteiger partial charge in [-0.3, -0.25) is 0 Å². The molecule has 0 saturated carbocycles. The molecule has 0 spiro atoms. The first-order chi connectivity index (χ1) is 18.4. The maximum Gasteiger partial charge on any atom is 0.323 e. The van der Waals surface area contributed by atoms with Gasteiger partial charge in [-0.25, -0.2) is 9.59 Å². The first-order valence-electron chi connectivity index (χ1n) is 12.7. The van der Waals surface area contributed by atoms with E-state index in [2.05, 4.69) is 20.9 Å².